The smallest absolute Gasteiger partial charge is 0.167 e. The number of anilines is 2. The van der Waals surface area contributed by atoms with Gasteiger partial charge in [0.05, 0.1) is 18.0 Å². The minimum atomic E-state index is -0.409. The fourth-order valence-electron chi connectivity index (χ4n) is 1.61. The van der Waals surface area contributed by atoms with Crippen LogP contribution in [0.1, 0.15) is 20.3 Å². The van der Waals surface area contributed by atoms with E-state index in [2.05, 4.69) is 6.92 Å². The van der Waals surface area contributed by atoms with Crippen molar-refractivity contribution < 1.29 is 9.13 Å². The lowest BCUT2D eigenvalue weighted by Gasteiger charge is -2.21. The average molecular weight is 226 g/mol. The summed E-state index contributed by atoms with van der Waals surface area (Å²) in [5, 5.41) is 0. The Morgan fingerprint density at radius 2 is 2.06 bits per heavy atom. The summed E-state index contributed by atoms with van der Waals surface area (Å²) in [6, 6.07) is 2.97. The number of nitrogen functional groups attached to an aromatic ring is 1. The van der Waals surface area contributed by atoms with Gasteiger partial charge in [0.15, 0.2) is 11.6 Å². The van der Waals surface area contributed by atoms with Crippen LogP contribution >= 0.6 is 0 Å². The Morgan fingerprint density at radius 1 is 1.38 bits per heavy atom. The van der Waals surface area contributed by atoms with Gasteiger partial charge in [-0.25, -0.2) is 4.39 Å². The molecule has 3 nitrogen and oxygen atoms in total. The Bertz CT molecular complexity index is 355. The lowest BCUT2D eigenvalue weighted by molar-refractivity contribution is 0.322. The minimum Gasteiger partial charge on any atom is -0.491 e. The predicted molar refractivity (Wildman–Crippen MR) is 65.5 cm³/mol. The molecule has 0 spiro atoms. The van der Waals surface area contributed by atoms with Gasteiger partial charge < -0.3 is 15.4 Å². The highest BCUT2D eigenvalue weighted by Gasteiger charge is 2.11. The van der Waals surface area contributed by atoms with Crippen LogP contribution in [0.5, 0.6) is 5.75 Å². The first kappa shape index (κ1) is 12.6. The van der Waals surface area contributed by atoms with E-state index in [1.54, 1.807) is 6.07 Å². The molecule has 0 bridgehead atoms. The van der Waals surface area contributed by atoms with Gasteiger partial charge in [0.25, 0.3) is 0 Å². The van der Waals surface area contributed by atoms with Crippen molar-refractivity contribution in [3.63, 3.8) is 0 Å². The van der Waals surface area contributed by atoms with Crippen molar-refractivity contribution >= 4 is 11.4 Å². The molecule has 0 aliphatic rings. The van der Waals surface area contributed by atoms with Gasteiger partial charge in [0, 0.05) is 25.7 Å². The molecule has 0 fully saturated rings. The number of nitrogens with two attached hydrogens (primary N) is 1. The van der Waals surface area contributed by atoms with E-state index in [-0.39, 0.29) is 5.75 Å². The second kappa shape index (κ2) is 5.58. The topological polar surface area (TPSA) is 38.5 Å². The van der Waals surface area contributed by atoms with E-state index in [1.807, 2.05) is 18.9 Å². The van der Waals surface area contributed by atoms with Crippen LogP contribution in [0, 0.1) is 5.82 Å². The number of nitrogens with zero attached hydrogens (tertiary/aromatic N) is 1. The van der Waals surface area contributed by atoms with E-state index < -0.39 is 5.82 Å². The number of benzene rings is 1. The van der Waals surface area contributed by atoms with Gasteiger partial charge in [-0.2, -0.15) is 0 Å². The SMILES string of the molecule is CCCN(C)c1cc(OCC)c(F)cc1N. The lowest BCUT2D eigenvalue weighted by atomic mass is 10.2. The van der Waals surface area contributed by atoms with Crippen LogP contribution in [0.25, 0.3) is 0 Å². The molecule has 4 heteroatoms. The van der Waals surface area contributed by atoms with Gasteiger partial charge in [0.2, 0.25) is 0 Å². The lowest BCUT2D eigenvalue weighted by Crippen LogP contribution is -2.19. The van der Waals surface area contributed by atoms with Crippen LogP contribution < -0.4 is 15.4 Å². The van der Waals surface area contributed by atoms with Crippen LogP contribution in [0.15, 0.2) is 12.1 Å². The van der Waals surface area contributed by atoms with Crippen molar-refractivity contribution in [1.82, 2.24) is 0 Å². The van der Waals surface area contributed by atoms with E-state index >= 15 is 0 Å². The molecule has 16 heavy (non-hydrogen) atoms. The molecule has 0 aliphatic carbocycles. The number of ether oxygens (including phenoxy) is 1. The van der Waals surface area contributed by atoms with Gasteiger partial charge in [-0.1, -0.05) is 6.92 Å². The van der Waals surface area contributed by atoms with Crippen LogP contribution in [-0.2, 0) is 0 Å². The first-order valence-corrected chi connectivity index (χ1v) is 5.53. The number of halogens is 1. The maximum Gasteiger partial charge on any atom is 0.167 e. The predicted octanol–water partition coefficient (Wildman–Crippen LogP) is 2.65. The van der Waals surface area contributed by atoms with E-state index in [9.17, 15) is 4.39 Å². The Morgan fingerprint density at radius 3 is 2.62 bits per heavy atom. The van der Waals surface area contributed by atoms with Crippen molar-refractivity contribution in [3.05, 3.63) is 17.9 Å². The average Bonchev–Trinajstić information content (AvgIpc) is 2.22. The van der Waals surface area contributed by atoms with Gasteiger partial charge in [-0.15, -0.1) is 0 Å². The van der Waals surface area contributed by atoms with Crippen molar-refractivity contribution in [1.29, 1.82) is 0 Å². The van der Waals surface area contributed by atoms with Crippen molar-refractivity contribution in [2.45, 2.75) is 20.3 Å². The molecule has 0 unspecified atom stereocenters. The van der Waals surface area contributed by atoms with Gasteiger partial charge in [-0.3, -0.25) is 0 Å². The maximum absolute atomic E-state index is 13.4. The fourth-order valence-corrected chi connectivity index (χ4v) is 1.61. The van der Waals surface area contributed by atoms with Crippen LogP contribution in [-0.4, -0.2) is 20.2 Å². The fraction of sp³-hybridized carbons (Fsp3) is 0.500. The molecule has 0 saturated carbocycles. The Balaban J connectivity index is 3.03. The summed E-state index contributed by atoms with van der Waals surface area (Å²) in [6.07, 6.45) is 1.01. The molecule has 0 saturated heterocycles. The molecular weight excluding hydrogens is 207 g/mol. The highest BCUT2D eigenvalue weighted by Crippen LogP contribution is 2.30. The third-order valence-electron chi connectivity index (χ3n) is 2.35. The minimum absolute atomic E-state index is 0.259. The molecule has 0 heterocycles. The van der Waals surface area contributed by atoms with Crippen LogP contribution in [0.2, 0.25) is 0 Å². The maximum atomic E-state index is 13.4. The summed E-state index contributed by atoms with van der Waals surface area (Å²) in [5.41, 5.74) is 7.03. The molecule has 0 aromatic heterocycles. The summed E-state index contributed by atoms with van der Waals surface area (Å²) in [6.45, 7) is 5.23. The van der Waals surface area contributed by atoms with Crippen LogP contribution in [0.3, 0.4) is 0 Å². The molecule has 1 rings (SSSR count). The Labute approximate surface area is 96.0 Å². The molecule has 1 aromatic rings. The molecule has 0 atom stereocenters. The van der Waals surface area contributed by atoms with Crippen molar-refractivity contribution in [3.8, 4) is 5.75 Å². The number of hydrogen-bond donors (Lipinski definition) is 1. The first-order chi connectivity index (χ1) is 7.60. The number of hydrogen-bond acceptors (Lipinski definition) is 3. The van der Waals surface area contributed by atoms with Crippen LogP contribution in [0.4, 0.5) is 15.8 Å². The first-order valence-electron chi connectivity index (χ1n) is 5.53. The molecular formula is C12H19FN2O. The molecule has 0 radical (unpaired) electrons. The Hall–Kier alpha value is -1.45. The summed E-state index contributed by atoms with van der Waals surface area (Å²) in [7, 11) is 1.93. The van der Waals surface area contributed by atoms with E-state index in [4.69, 9.17) is 10.5 Å². The zero-order valence-electron chi connectivity index (χ0n) is 10.1. The zero-order chi connectivity index (χ0) is 12.1. The monoisotopic (exact) mass is 226 g/mol. The molecule has 2 N–H and O–H groups in total. The Kier molecular flexibility index (Phi) is 4.40. The van der Waals surface area contributed by atoms with Crippen molar-refractivity contribution in [2.24, 2.45) is 0 Å². The van der Waals surface area contributed by atoms with E-state index in [1.165, 1.54) is 6.07 Å². The summed E-state index contributed by atoms with van der Waals surface area (Å²) in [5.74, 6) is -0.150. The number of rotatable bonds is 5. The van der Waals surface area contributed by atoms with Gasteiger partial charge in [-0.05, 0) is 13.3 Å². The molecule has 0 amide bonds. The highest BCUT2D eigenvalue weighted by molar-refractivity contribution is 5.69. The second-order valence-corrected chi connectivity index (χ2v) is 3.70. The molecule has 90 valence electrons. The van der Waals surface area contributed by atoms with E-state index in [0.29, 0.717) is 12.3 Å². The largest absolute Gasteiger partial charge is 0.491 e. The normalized spacial score (nSPS) is 10.2. The molecule has 0 aliphatic heterocycles. The van der Waals surface area contributed by atoms with Gasteiger partial charge in [0.1, 0.15) is 0 Å². The second-order valence-electron chi connectivity index (χ2n) is 3.70. The summed E-state index contributed by atoms with van der Waals surface area (Å²) < 4.78 is 18.6. The third-order valence-corrected chi connectivity index (χ3v) is 2.35. The summed E-state index contributed by atoms with van der Waals surface area (Å²) in [4.78, 5) is 2.00. The summed E-state index contributed by atoms with van der Waals surface area (Å²) >= 11 is 0. The van der Waals surface area contributed by atoms with E-state index in [0.717, 1.165) is 18.7 Å². The van der Waals surface area contributed by atoms with Crippen molar-refractivity contribution in [2.75, 3.05) is 30.8 Å². The van der Waals surface area contributed by atoms with Gasteiger partial charge >= 0.3 is 0 Å². The standard InChI is InChI=1S/C12H19FN2O/c1-4-6-15(3)11-8-12(16-5-2)9(13)7-10(11)14/h7-8H,4-6,14H2,1-3H3. The quantitative estimate of drug-likeness (QED) is 0.784. The molecule has 1 aromatic carbocycles. The highest BCUT2D eigenvalue weighted by atomic mass is 19.1. The third kappa shape index (κ3) is 2.78. The zero-order valence-corrected chi connectivity index (χ0v) is 10.1.